The Bertz CT molecular complexity index is 470. The molecule has 13 heavy (non-hydrogen) atoms. The third-order valence-electron chi connectivity index (χ3n) is 1.78. The molecule has 0 spiro atoms. The molecule has 0 aliphatic heterocycles. The van der Waals surface area contributed by atoms with Crippen LogP contribution in [0.2, 0.25) is 0 Å². The Hall–Kier alpha value is -1.71. The van der Waals surface area contributed by atoms with Crippen LogP contribution in [0.3, 0.4) is 0 Å². The minimum absolute atomic E-state index is 0.156. The van der Waals surface area contributed by atoms with Crippen LogP contribution in [0, 0.1) is 11.6 Å². The summed E-state index contributed by atoms with van der Waals surface area (Å²) in [7, 11) is 0. The number of nitrogens with zero attached hydrogens (tertiary/aromatic N) is 1. The first-order chi connectivity index (χ1) is 6.18. The number of fused-ring (bicyclic) bond motifs is 1. The number of halogens is 2. The lowest BCUT2D eigenvalue weighted by atomic mass is 10.1. The van der Waals surface area contributed by atoms with Crippen molar-refractivity contribution in [2.45, 2.75) is 0 Å². The molecule has 1 heterocycles. The van der Waals surface area contributed by atoms with Crippen LogP contribution in [0.25, 0.3) is 10.8 Å². The van der Waals surface area contributed by atoms with Crippen molar-refractivity contribution in [1.29, 1.82) is 0 Å². The molecule has 1 aromatic carbocycles. The molecule has 2 aromatic rings. The van der Waals surface area contributed by atoms with Crippen molar-refractivity contribution >= 4 is 10.8 Å². The summed E-state index contributed by atoms with van der Waals surface area (Å²) >= 11 is 0. The second kappa shape index (κ2) is 2.65. The molecule has 0 aliphatic carbocycles. The van der Waals surface area contributed by atoms with E-state index in [1.165, 1.54) is 12.4 Å². The quantitative estimate of drug-likeness (QED) is 0.675. The van der Waals surface area contributed by atoms with E-state index in [4.69, 9.17) is 0 Å². The molecule has 0 saturated heterocycles. The summed E-state index contributed by atoms with van der Waals surface area (Å²) in [6, 6.07) is 1.94. The predicted molar refractivity (Wildman–Crippen MR) is 43.3 cm³/mol. The maximum atomic E-state index is 12.7. The third kappa shape index (κ3) is 1.20. The van der Waals surface area contributed by atoms with Gasteiger partial charge in [0.15, 0.2) is 11.6 Å². The molecule has 0 unspecified atom stereocenters. The lowest BCUT2D eigenvalue weighted by Gasteiger charge is -2.00. The molecule has 0 amide bonds. The van der Waals surface area contributed by atoms with Gasteiger partial charge in [0.2, 0.25) is 0 Å². The van der Waals surface area contributed by atoms with Crippen LogP contribution in [0.15, 0.2) is 24.5 Å². The summed E-state index contributed by atoms with van der Waals surface area (Å²) in [6.07, 6.45) is 2.54. The Kier molecular flexibility index (Phi) is 1.62. The molecule has 0 radical (unpaired) electrons. The molecule has 0 saturated carbocycles. The Morgan fingerprint density at radius 3 is 2.54 bits per heavy atom. The van der Waals surface area contributed by atoms with Crippen LogP contribution >= 0.6 is 0 Å². The Balaban J connectivity index is 2.89. The zero-order chi connectivity index (χ0) is 9.42. The number of hydrogen-bond donors (Lipinski definition) is 1. The maximum absolute atomic E-state index is 12.7. The molecule has 0 atom stereocenters. The number of hydrogen-bond acceptors (Lipinski definition) is 2. The van der Waals surface area contributed by atoms with Gasteiger partial charge in [-0.25, -0.2) is 8.78 Å². The van der Waals surface area contributed by atoms with Gasteiger partial charge in [-0.3, -0.25) is 4.98 Å². The van der Waals surface area contributed by atoms with Crippen molar-refractivity contribution in [3.05, 3.63) is 36.2 Å². The van der Waals surface area contributed by atoms with Gasteiger partial charge in [-0.2, -0.15) is 0 Å². The molecule has 2 nitrogen and oxygen atoms in total. The molecule has 0 bridgehead atoms. The predicted octanol–water partition coefficient (Wildman–Crippen LogP) is 2.22. The van der Waals surface area contributed by atoms with Crippen LogP contribution < -0.4 is 0 Å². The zero-order valence-corrected chi connectivity index (χ0v) is 6.46. The van der Waals surface area contributed by atoms with Crippen LogP contribution in [-0.2, 0) is 0 Å². The zero-order valence-electron chi connectivity index (χ0n) is 6.46. The first-order valence-corrected chi connectivity index (χ1v) is 3.60. The number of rotatable bonds is 0. The Labute approximate surface area is 72.5 Å². The monoisotopic (exact) mass is 181 g/mol. The standard InChI is InChI=1S/C9H5F2NO/c10-7-1-5-3-12-4-9(13)6(5)2-8(7)11/h1-4,13H. The van der Waals surface area contributed by atoms with Crippen molar-refractivity contribution in [3.63, 3.8) is 0 Å². The summed E-state index contributed by atoms with van der Waals surface area (Å²) in [5, 5.41) is 9.87. The number of benzene rings is 1. The molecular formula is C9H5F2NO. The first-order valence-electron chi connectivity index (χ1n) is 3.60. The van der Waals surface area contributed by atoms with Crippen LogP contribution in [-0.4, -0.2) is 10.1 Å². The Morgan fingerprint density at radius 2 is 1.77 bits per heavy atom. The van der Waals surface area contributed by atoms with E-state index in [1.807, 2.05) is 0 Å². The summed E-state index contributed by atoms with van der Waals surface area (Å²) in [4.78, 5) is 3.64. The SMILES string of the molecule is Oc1cncc2cc(F)c(F)cc12. The fourth-order valence-electron chi connectivity index (χ4n) is 1.15. The van der Waals surface area contributed by atoms with Gasteiger partial charge < -0.3 is 5.11 Å². The van der Waals surface area contributed by atoms with Crippen LogP contribution in [0.5, 0.6) is 5.75 Å². The van der Waals surface area contributed by atoms with E-state index in [9.17, 15) is 13.9 Å². The molecule has 66 valence electrons. The van der Waals surface area contributed by atoms with E-state index in [0.29, 0.717) is 5.39 Å². The number of aromatic nitrogens is 1. The molecule has 2 rings (SSSR count). The fourth-order valence-corrected chi connectivity index (χ4v) is 1.15. The average Bonchev–Trinajstić information content (AvgIpc) is 2.09. The second-order valence-electron chi connectivity index (χ2n) is 2.65. The molecule has 1 aromatic heterocycles. The van der Waals surface area contributed by atoms with E-state index in [1.54, 1.807) is 0 Å². The average molecular weight is 181 g/mol. The van der Waals surface area contributed by atoms with Crippen molar-refractivity contribution in [2.24, 2.45) is 0 Å². The van der Waals surface area contributed by atoms with Gasteiger partial charge in [-0.1, -0.05) is 0 Å². The second-order valence-corrected chi connectivity index (χ2v) is 2.65. The minimum Gasteiger partial charge on any atom is -0.506 e. The van der Waals surface area contributed by atoms with Gasteiger partial charge in [-0.05, 0) is 12.1 Å². The van der Waals surface area contributed by atoms with E-state index >= 15 is 0 Å². The molecule has 1 N–H and O–H groups in total. The van der Waals surface area contributed by atoms with Gasteiger partial charge in [0.1, 0.15) is 5.75 Å². The summed E-state index contributed by atoms with van der Waals surface area (Å²) in [5.74, 6) is -2.08. The smallest absolute Gasteiger partial charge is 0.159 e. The lowest BCUT2D eigenvalue weighted by Crippen LogP contribution is -1.85. The van der Waals surface area contributed by atoms with Crippen LogP contribution in [0.4, 0.5) is 8.78 Å². The van der Waals surface area contributed by atoms with Gasteiger partial charge in [0.05, 0.1) is 6.20 Å². The molecular weight excluding hydrogens is 176 g/mol. The van der Waals surface area contributed by atoms with Crippen molar-refractivity contribution in [1.82, 2.24) is 4.98 Å². The first kappa shape index (κ1) is 7.91. The van der Waals surface area contributed by atoms with Gasteiger partial charge >= 0.3 is 0 Å². The number of aromatic hydroxyl groups is 1. The van der Waals surface area contributed by atoms with Crippen LogP contribution in [0.1, 0.15) is 0 Å². The topological polar surface area (TPSA) is 33.1 Å². The van der Waals surface area contributed by atoms with Gasteiger partial charge in [0.25, 0.3) is 0 Å². The molecule has 4 heteroatoms. The fraction of sp³-hybridized carbons (Fsp3) is 0. The Morgan fingerprint density at radius 1 is 1.08 bits per heavy atom. The highest BCUT2D eigenvalue weighted by Crippen LogP contribution is 2.24. The van der Waals surface area contributed by atoms with Crippen molar-refractivity contribution < 1.29 is 13.9 Å². The molecule has 0 aliphatic rings. The summed E-state index contributed by atoms with van der Waals surface area (Å²) in [5.41, 5.74) is 0. The van der Waals surface area contributed by atoms with E-state index in [2.05, 4.69) is 4.98 Å². The highest BCUT2D eigenvalue weighted by atomic mass is 19.2. The van der Waals surface area contributed by atoms with E-state index in [-0.39, 0.29) is 11.1 Å². The maximum Gasteiger partial charge on any atom is 0.159 e. The van der Waals surface area contributed by atoms with Gasteiger partial charge in [0, 0.05) is 17.0 Å². The van der Waals surface area contributed by atoms with Gasteiger partial charge in [-0.15, -0.1) is 0 Å². The minimum atomic E-state index is -0.978. The van der Waals surface area contributed by atoms with Crippen molar-refractivity contribution in [2.75, 3.05) is 0 Å². The highest BCUT2D eigenvalue weighted by Gasteiger charge is 2.06. The molecule has 0 fully saturated rings. The summed E-state index contributed by atoms with van der Waals surface area (Å²) < 4.78 is 25.4. The van der Waals surface area contributed by atoms with E-state index < -0.39 is 11.6 Å². The third-order valence-corrected chi connectivity index (χ3v) is 1.78. The highest BCUT2D eigenvalue weighted by molar-refractivity contribution is 5.86. The van der Waals surface area contributed by atoms with Crippen molar-refractivity contribution in [3.8, 4) is 5.75 Å². The normalized spacial score (nSPS) is 10.6. The lowest BCUT2D eigenvalue weighted by molar-refractivity contribution is 0.477. The largest absolute Gasteiger partial charge is 0.506 e. The summed E-state index contributed by atoms with van der Waals surface area (Å²) in [6.45, 7) is 0. The number of pyridine rings is 1. The van der Waals surface area contributed by atoms with E-state index in [0.717, 1.165) is 12.1 Å².